The standard InChI is InChI=1S/C16H26N4O2/c1-12-9-14(20-7-5-17-6-8-20)18-10-13(12)11-19-15(21)22-16(2,3)4/h9-10,17H,5-8,11H2,1-4H3,(H,19,21). The van der Waals surface area contributed by atoms with Gasteiger partial charge in [0.05, 0.1) is 0 Å². The van der Waals surface area contributed by atoms with Crippen LogP contribution in [0.25, 0.3) is 0 Å². The van der Waals surface area contributed by atoms with Crippen LogP contribution in [-0.2, 0) is 11.3 Å². The SMILES string of the molecule is Cc1cc(N2CCNCC2)ncc1CNC(=O)OC(C)(C)C. The van der Waals surface area contributed by atoms with Gasteiger partial charge in [0, 0.05) is 38.9 Å². The smallest absolute Gasteiger partial charge is 0.407 e. The number of pyridine rings is 1. The number of aryl methyl sites for hydroxylation is 1. The average Bonchev–Trinajstić information content (AvgIpc) is 2.45. The lowest BCUT2D eigenvalue weighted by molar-refractivity contribution is 0.0523. The number of hydrogen-bond donors (Lipinski definition) is 2. The lowest BCUT2D eigenvalue weighted by atomic mass is 10.1. The second-order valence-corrected chi connectivity index (χ2v) is 6.56. The first-order valence-corrected chi connectivity index (χ1v) is 7.73. The highest BCUT2D eigenvalue weighted by Gasteiger charge is 2.16. The second kappa shape index (κ2) is 6.96. The summed E-state index contributed by atoms with van der Waals surface area (Å²) >= 11 is 0. The summed E-state index contributed by atoms with van der Waals surface area (Å²) in [7, 11) is 0. The minimum atomic E-state index is -0.483. The summed E-state index contributed by atoms with van der Waals surface area (Å²) in [6, 6.07) is 2.08. The van der Waals surface area contributed by atoms with Gasteiger partial charge in [-0.05, 0) is 44.9 Å². The minimum Gasteiger partial charge on any atom is -0.444 e. The Balaban J connectivity index is 1.93. The number of anilines is 1. The molecule has 6 heteroatoms. The van der Waals surface area contributed by atoms with Gasteiger partial charge < -0.3 is 20.3 Å². The molecule has 122 valence electrons. The second-order valence-electron chi connectivity index (χ2n) is 6.56. The first-order chi connectivity index (χ1) is 10.3. The number of amides is 1. The first kappa shape index (κ1) is 16.5. The van der Waals surface area contributed by atoms with Gasteiger partial charge in [0.25, 0.3) is 0 Å². The van der Waals surface area contributed by atoms with Crippen LogP contribution in [0.15, 0.2) is 12.3 Å². The van der Waals surface area contributed by atoms with Crippen LogP contribution < -0.4 is 15.5 Å². The van der Waals surface area contributed by atoms with Gasteiger partial charge in [-0.2, -0.15) is 0 Å². The molecule has 1 aromatic rings. The summed E-state index contributed by atoms with van der Waals surface area (Å²) in [5.74, 6) is 1.00. The van der Waals surface area contributed by atoms with Crippen molar-refractivity contribution in [2.75, 3.05) is 31.1 Å². The number of piperazine rings is 1. The first-order valence-electron chi connectivity index (χ1n) is 7.73. The van der Waals surface area contributed by atoms with E-state index in [1.807, 2.05) is 33.9 Å². The van der Waals surface area contributed by atoms with Gasteiger partial charge in [-0.1, -0.05) is 0 Å². The quantitative estimate of drug-likeness (QED) is 0.892. The molecule has 0 aromatic carbocycles. The Bertz CT molecular complexity index is 519. The van der Waals surface area contributed by atoms with E-state index in [1.54, 1.807) is 0 Å². The topological polar surface area (TPSA) is 66.5 Å². The molecule has 0 atom stereocenters. The van der Waals surface area contributed by atoms with Crippen molar-refractivity contribution in [3.05, 3.63) is 23.4 Å². The summed E-state index contributed by atoms with van der Waals surface area (Å²) < 4.78 is 5.23. The van der Waals surface area contributed by atoms with E-state index in [0.717, 1.165) is 43.1 Å². The highest BCUT2D eigenvalue weighted by Crippen LogP contribution is 2.16. The summed E-state index contributed by atoms with van der Waals surface area (Å²) in [4.78, 5) is 18.5. The van der Waals surface area contributed by atoms with E-state index in [1.165, 1.54) is 0 Å². The van der Waals surface area contributed by atoms with E-state index >= 15 is 0 Å². The van der Waals surface area contributed by atoms with E-state index in [0.29, 0.717) is 6.54 Å². The molecule has 1 fully saturated rings. The molecule has 1 aromatic heterocycles. The number of rotatable bonds is 3. The fourth-order valence-corrected chi connectivity index (χ4v) is 2.30. The van der Waals surface area contributed by atoms with Crippen molar-refractivity contribution in [3.63, 3.8) is 0 Å². The zero-order valence-corrected chi connectivity index (χ0v) is 13.9. The minimum absolute atomic E-state index is 0.405. The third-order valence-corrected chi connectivity index (χ3v) is 3.47. The van der Waals surface area contributed by atoms with E-state index in [9.17, 15) is 4.79 Å². The molecule has 2 heterocycles. The van der Waals surface area contributed by atoms with Crippen molar-refractivity contribution in [2.45, 2.75) is 39.8 Å². The van der Waals surface area contributed by atoms with E-state index in [2.05, 4.69) is 26.6 Å². The maximum absolute atomic E-state index is 11.7. The average molecular weight is 306 g/mol. The monoisotopic (exact) mass is 306 g/mol. The van der Waals surface area contributed by atoms with Crippen LogP contribution in [0.2, 0.25) is 0 Å². The molecule has 2 N–H and O–H groups in total. The van der Waals surface area contributed by atoms with Crippen LogP contribution >= 0.6 is 0 Å². The number of alkyl carbamates (subject to hydrolysis) is 1. The van der Waals surface area contributed by atoms with Crippen LogP contribution in [0, 0.1) is 6.92 Å². The van der Waals surface area contributed by atoms with Gasteiger partial charge in [0.15, 0.2) is 0 Å². The number of hydrogen-bond acceptors (Lipinski definition) is 5. The maximum Gasteiger partial charge on any atom is 0.407 e. The van der Waals surface area contributed by atoms with Crippen LogP contribution in [0.5, 0.6) is 0 Å². The van der Waals surface area contributed by atoms with Crippen molar-refractivity contribution in [3.8, 4) is 0 Å². The fraction of sp³-hybridized carbons (Fsp3) is 0.625. The van der Waals surface area contributed by atoms with Gasteiger partial charge in [0.1, 0.15) is 11.4 Å². The molecule has 1 aliphatic rings. The van der Waals surface area contributed by atoms with Crippen molar-refractivity contribution in [1.29, 1.82) is 0 Å². The molecule has 0 bridgehead atoms. The Morgan fingerprint density at radius 3 is 2.68 bits per heavy atom. The molecule has 0 unspecified atom stereocenters. The molecule has 2 rings (SSSR count). The highest BCUT2D eigenvalue weighted by atomic mass is 16.6. The van der Waals surface area contributed by atoms with Gasteiger partial charge in [0.2, 0.25) is 0 Å². The largest absolute Gasteiger partial charge is 0.444 e. The summed E-state index contributed by atoms with van der Waals surface area (Å²) in [6.45, 7) is 11.9. The fourth-order valence-electron chi connectivity index (χ4n) is 2.30. The van der Waals surface area contributed by atoms with Crippen molar-refractivity contribution < 1.29 is 9.53 Å². The molecule has 1 amide bonds. The van der Waals surface area contributed by atoms with E-state index < -0.39 is 11.7 Å². The Kier molecular flexibility index (Phi) is 5.24. The number of ether oxygens (including phenoxy) is 1. The molecule has 6 nitrogen and oxygen atoms in total. The molecule has 1 saturated heterocycles. The van der Waals surface area contributed by atoms with Gasteiger partial charge in [-0.25, -0.2) is 9.78 Å². The van der Waals surface area contributed by atoms with Crippen molar-refractivity contribution >= 4 is 11.9 Å². The van der Waals surface area contributed by atoms with Crippen molar-refractivity contribution in [1.82, 2.24) is 15.6 Å². The van der Waals surface area contributed by atoms with E-state index in [4.69, 9.17) is 4.74 Å². The normalized spacial score (nSPS) is 15.5. The number of nitrogens with one attached hydrogen (secondary N) is 2. The summed E-state index contributed by atoms with van der Waals surface area (Å²) in [5, 5.41) is 6.10. The molecular weight excluding hydrogens is 280 g/mol. The Labute approximate surface area is 132 Å². The molecule has 1 aliphatic heterocycles. The third kappa shape index (κ3) is 4.87. The van der Waals surface area contributed by atoms with Crippen LogP contribution in [0.4, 0.5) is 10.6 Å². The Morgan fingerprint density at radius 1 is 1.41 bits per heavy atom. The number of aromatic nitrogens is 1. The van der Waals surface area contributed by atoms with Crippen molar-refractivity contribution in [2.24, 2.45) is 0 Å². The predicted octanol–water partition coefficient (Wildman–Crippen LogP) is 1.82. The molecular formula is C16H26N4O2. The van der Waals surface area contributed by atoms with Crippen LogP contribution in [0.3, 0.4) is 0 Å². The lowest BCUT2D eigenvalue weighted by Crippen LogP contribution is -2.43. The lowest BCUT2D eigenvalue weighted by Gasteiger charge is -2.28. The number of carbonyl (C=O) groups excluding carboxylic acids is 1. The Morgan fingerprint density at radius 2 is 2.09 bits per heavy atom. The molecule has 0 saturated carbocycles. The van der Waals surface area contributed by atoms with Gasteiger partial charge >= 0.3 is 6.09 Å². The van der Waals surface area contributed by atoms with E-state index in [-0.39, 0.29) is 0 Å². The molecule has 0 radical (unpaired) electrons. The zero-order valence-electron chi connectivity index (χ0n) is 13.9. The Hall–Kier alpha value is -1.82. The van der Waals surface area contributed by atoms with Gasteiger partial charge in [-0.15, -0.1) is 0 Å². The van der Waals surface area contributed by atoms with Gasteiger partial charge in [-0.3, -0.25) is 0 Å². The third-order valence-electron chi connectivity index (χ3n) is 3.47. The summed E-state index contributed by atoms with van der Waals surface area (Å²) in [5.41, 5.74) is 1.65. The molecule has 22 heavy (non-hydrogen) atoms. The van der Waals surface area contributed by atoms with Crippen LogP contribution in [0.1, 0.15) is 31.9 Å². The predicted molar refractivity (Wildman–Crippen MR) is 87.1 cm³/mol. The highest BCUT2D eigenvalue weighted by molar-refractivity contribution is 5.67. The number of carbonyl (C=O) groups is 1. The summed E-state index contributed by atoms with van der Waals surface area (Å²) in [6.07, 6.45) is 1.43. The van der Waals surface area contributed by atoms with Crippen LogP contribution in [-0.4, -0.2) is 42.9 Å². The molecule has 0 aliphatic carbocycles. The zero-order chi connectivity index (χ0) is 16.2. The maximum atomic E-state index is 11.7. The number of nitrogens with zero attached hydrogens (tertiary/aromatic N) is 2. The molecule has 0 spiro atoms.